The van der Waals surface area contributed by atoms with E-state index in [1.54, 1.807) is 12.1 Å². The summed E-state index contributed by atoms with van der Waals surface area (Å²) in [5.74, 6) is -0.223. The highest BCUT2D eigenvalue weighted by molar-refractivity contribution is 7.16. The summed E-state index contributed by atoms with van der Waals surface area (Å²) in [6.45, 7) is 0. The molecule has 1 aliphatic rings. The standard InChI is InChI=1S/C24H18BF/c26-24-18-16-23(17-19-24)25(20-10-4-1-5-11-20,21-12-6-2-7-13-21)22-14-8-3-9-15-22/h1-8,10-19H. The number of rotatable bonds is 4. The van der Waals surface area contributed by atoms with Gasteiger partial charge in [0.05, 0.1) is 6.08 Å². The average molecular weight is 336 g/mol. The molecule has 3 aromatic rings. The van der Waals surface area contributed by atoms with E-state index < -0.39 is 6.15 Å². The lowest BCUT2D eigenvalue weighted by molar-refractivity contribution is 0.628. The average Bonchev–Trinajstić information content (AvgIpc) is 2.72. The Morgan fingerprint density at radius 1 is 0.654 bits per heavy atom. The molecule has 2 heteroatoms. The third-order valence-electron chi connectivity index (χ3n) is 5.20. The molecule has 1 aliphatic carbocycles. The molecule has 0 amide bonds. The van der Waals surface area contributed by atoms with Crippen LogP contribution in [0.4, 0.5) is 4.39 Å². The van der Waals surface area contributed by atoms with Crippen molar-refractivity contribution < 1.29 is 4.39 Å². The summed E-state index contributed by atoms with van der Waals surface area (Å²) in [7, 11) is 0. The van der Waals surface area contributed by atoms with Gasteiger partial charge < -0.3 is 0 Å². The van der Waals surface area contributed by atoms with E-state index in [1.807, 2.05) is 42.5 Å². The van der Waals surface area contributed by atoms with E-state index in [0.717, 1.165) is 10.9 Å². The van der Waals surface area contributed by atoms with E-state index >= 15 is 0 Å². The molecule has 0 aliphatic heterocycles. The van der Waals surface area contributed by atoms with Crippen LogP contribution in [0.5, 0.6) is 0 Å². The number of hydrogen-bond acceptors (Lipinski definition) is 0. The zero-order valence-corrected chi connectivity index (χ0v) is 14.3. The lowest BCUT2D eigenvalue weighted by Gasteiger charge is -2.41. The van der Waals surface area contributed by atoms with Crippen molar-refractivity contribution in [2.24, 2.45) is 0 Å². The minimum Gasteiger partial charge on any atom is -0.207 e. The second-order valence-electron chi connectivity index (χ2n) is 6.58. The van der Waals surface area contributed by atoms with Gasteiger partial charge in [-0.05, 0) is 12.1 Å². The molecule has 0 bridgehead atoms. The summed E-state index contributed by atoms with van der Waals surface area (Å²) in [5, 5.41) is 0. The van der Waals surface area contributed by atoms with Crippen LogP contribution in [0.2, 0.25) is 0 Å². The van der Waals surface area contributed by atoms with Crippen molar-refractivity contribution in [3.8, 4) is 0 Å². The lowest BCUT2D eigenvalue weighted by atomic mass is 9.12. The smallest absolute Gasteiger partial charge is 0.171 e. The SMILES string of the molecule is Fc1ccc([B-](C2=CC=C[C+]=C2)(c2ccccc2)c2ccccc2)cc1. The first-order valence-corrected chi connectivity index (χ1v) is 8.81. The first kappa shape index (κ1) is 16.3. The van der Waals surface area contributed by atoms with Crippen LogP contribution in [0.25, 0.3) is 0 Å². The first-order valence-electron chi connectivity index (χ1n) is 8.81. The Hall–Kier alpha value is -3.22. The Kier molecular flexibility index (Phi) is 4.35. The molecule has 26 heavy (non-hydrogen) atoms. The van der Waals surface area contributed by atoms with Gasteiger partial charge in [-0.25, -0.2) is 4.39 Å². The fourth-order valence-corrected chi connectivity index (χ4v) is 4.07. The molecule has 0 fully saturated rings. The van der Waals surface area contributed by atoms with Crippen LogP contribution < -0.4 is 16.4 Å². The number of hydrogen-bond donors (Lipinski definition) is 0. The van der Waals surface area contributed by atoms with Crippen molar-refractivity contribution in [3.05, 3.63) is 127 Å². The third kappa shape index (κ3) is 2.71. The highest BCUT2D eigenvalue weighted by Crippen LogP contribution is 2.20. The van der Waals surface area contributed by atoms with E-state index in [2.05, 4.69) is 60.7 Å². The molecule has 3 aromatic carbocycles. The molecule has 0 heterocycles. The van der Waals surface area contributed by atoms with E-state index in [4.69, 9.17) is 0 Å². The van der Waals surface area contributed by atoms with Crippen LogP contribution in [0.3, 0.4) is 0 Å². The fraction of sp³-hybridized carbons (Fsp3) is 0. The zero-order valence-electron chi connectivity index (χ0n) is 14.3. The van der Waals surface area contributed by atoms with Gasteiger partial charge in [-0.2, -0.15) is 16.4 Å². The van der Waals surface area contributed by atoms with E-state index in [-0.39, 0.29) is 5.82 Å². The molecule has 4 rings (SSSR count). The zero-order chi connectivity index (χ0) is 17.8. The molecule has 0 saturated heterocycles. The van der Waals surface area contributed by atoms with Crippen molar-refractivity contribution in [1.29, 1.82) is 0 Å². The van der Waals surface area contributed by atoms with Crippen LogP contribution in [-0.2, 0) is 0 Å². The maximum absolute atomic E-state index is 13.7. The van der Waals surface area contributed by atoms with Crippen LogP contribution in [0, 0.1) is 11.9 Å². The van der Waals surface area contributed by atoms with E-state index in [0.29, 0.717) is 0 Å². The third-order valence-corrected chi connectivity index (χ3v) is 5.20. The first-order chi connectivity index (χ1) is 12.8. The maximum Gasteiger partial charge on any atom is 0.171 e. The fourth-order valence-electron chi connectivity index (χ4n) is 4.07. The number of benzene rings is 3. The lowest BCUT2D eigenvalue weighted by Crippen LogP contribution is -2.68. The molecule has 0 saturated carbocycles. The highest BCUT2D eigenvalue weighted by Gasteiger charge is 2.37. The quantitative estimate of drug-likeness (QED) is 0.504. The Bertz CT molecular complexity index is 928. The van der Waals surface area contributed by atoms with Gasteiger partial charge >= 0.3 is 0 Å². The Morgan fingerprint density at radius 2 is 1.19 bits per heavy atom. The second-order valence-corrected chi connectivity index (χ2v) is 6.58. The summed E-state index contributed by atoms with van der Waals surface area (Å²) >= 11 is 0. The van der Waals surface area contributed by atoms with Crippen LogP contribution >= 0.6 is 0 Å². The number of halogens is 1. The summed E-state index contributed by atoms with van der Waals surface area (Å²) in [6, 6.07) is 27.8. The summed E-state index contributed by atoms with van der Waals surface area (Å²) in [6.07, 6.45) is 9.91. The molecule has 0 atom stereocenters. The molecule has 0 N–H and O–H groups in total. The van der Waals surface area contributed by atoms with Crippen molar-refractivity contribution in [2.45, 2.75) is 0 Å². The van der Waals surface area contributed by atoms with Gasteiger partial charge in [0.15, 0.2) is 6.15 Å². The van der Waals surface area contributed by atoms with Crippen LogP contribution in [0.15, 0.2) is 115 Å². The molecular formula is C24H18BF. The molecule has 0 nitrogen and oxygen atoms in total. The molecule has 0 aromatic heterocycles. The predicted octanol–water partition coefficient (Wildman–Crippen LogP) is 3.69. The molecule has 0 spiro atoms. The van der Waals surface area contributed by atoms with Gasteiger partial charge in [-0.3, -0.25) is 0 Å². The van der Waals surface area contributed by atoms with E-state index in [9.17, 15) is 4.39 Å². The van der Waals surface area contributed by atoms with Gasteiger partial charge in [-0.15, -0.1) is 0 Å². The van der Waals surface area contributed by atoms with Crippen molar-refractivity contribution in [3.63, 3.8) is 0 Å². The summed E-state index contributed by atoms with van der Waals surface area (Å²) < 4.78 is 13.7. The normalized spacial score (nSPS) is 13.2. The van der Waals surface area contributed by atoms with Crippen molar-refractivity contribution in [1.82, 2.24) is 0 Å². The van der Waals surface area contributed by atoms with Gasteiger partial charge in [0.1, 0.15) is 11.9 Å². The Labute approximate surface area is 153 Å². The molecule has 0 radical (unpaired) electrons. The van der Waals surface area contributed by atoms with Gasteiger partial charge in [-0.1, -0.05) is 78.3 Å². The predicted molar refractivity (Wildman–Crippen MR) is 109 cm³/mol. The topological polar surface area (TPSA) is 0 Å². The van der Waals surface area contributed by atoms with Crippen LogP contribution in [-0.4, -0.2) is 6.15 Å². The second kappa shape index (κ2) is 6.96. The van der Waals surface area contributed by atoms with Crippen molar-refractivity contribution in [2.75, 3.05) is 0 Å². The minimum absolute atomic E-state index is 0.223. The monoisotopic (exact) mass is 336 g/mol. The Balaban J connectivity index is 2.10. The summed E-state index contributed by atoms with van der Waals surface area (Å²) in [5.41, 5.74) is 4.65. The van der Waals surface area contributed by atoms with Crippen molar-refractivity contribution >= 4 is 22.5 Å². The van der Waals surface area contributed by atoms with Gasteiger partial charge in [0, 0.05) is 18.2 Å². The Morgan fingerprint density at radius 3 is 1.69 bits per heavy atom. The number of allylic oxidation sites excluding steroid dienone is 6. The summed E-state index contributed by atoms with van der Waals surface area (Å²) in [4.78, 5) is 0. The van der Waals surface area contributed by atoms with E-state index in [1.165, 1.54) is 10.9 Å². The van der Waals surface area contributed by atoms with Gasteiger partial charge in [0.2, 0.25) is 0 Å². The van der Waals surface area contributed by atoms with Gasteiger partial charge in [0.25, 0.3) is 0 Å². The molecule has 124 valence electrons. The molecular weight excluding hydrogens is 318 g/mol. The van der Waals surface area contributed by atoms with Crippen LogP contribution in [0.1, 0.15) is 0 Å². The highest BCUT2D eigenvalue weighted by atomic mass is 19.1. The molecule has 0 unspecified atom stereocenters. The maximum atomic E-state index is 13.7. The largest absolute Gasteiger partial charge is 0.207 e. The minimum atomic E-state index is -1.43.